The second-order valence-electron chi connectivity index (χ2n) is 0.250. The van der Waals surface area contributed by atoms with Crippen LogP contribution in [0.1, 0.15) is 2.85 Å². The van der Waals surface area contributed by atoms with Crippen LogP contribution in [0.15, 0.2) is 0 Å². The van der Waals surface area contributed by atoms with Crippen molar-refractivity contribution in [2.45, 2.75) is 0 Å². The van der Waals surface area contributed by atoms with E-state index in [0.717, 1.165) is 0 Å². The standard InChI is InChI=1S/CH2O3.K.Mg.Na.2H/c2-1(3)4;;;;;/h(H2,2,3,4);;;;;/q;+1;+2;+1;2*-1/p-2. The van der Waals surface area contributed by atoms with Crippen LogP contribution in [-0.4, -0.2) is 29.2 Å². The van der Waals surface area contributed by atoms with Gasteiger partial charge in [-0.3, -0.25) is 0 Å². The van der Waals surface area contributed by atoms with Crippen molar-refractivity contribution < 1.29 is 98.8 Å². The van der Waals surface area contributed by atoms with Gasteiger partial charge in [0.1, 0.15) is 0 Å². The number of hydrogen-bond donors (Lipinski definition) is 0. The SMILES string of the molecule is O=C([O-])[O-].[H-].[H-].[K+].[Mg+2].[Na+]. The van der Waals surface area contributed by atoms with Gasteiger partial charge in [0.25, 0.3) is 0 Å². The van der Waals surface area contributed by atoms with Crippen LogP contribution in [0, 0.1) is 0 Å². The topological polar surface area (TPSA) is 63.2 Å². The molecule has 0 rings (SSSR count). The molecule has 0 saturated carbocycles. The van der Waals surface area contributed by atoms with Crippen LogP contribution in [0.5, 0.6) is 0 Å². The summed E-state index contributed by atoms with van der Waals surface area (Å²) in [6, 6.07) is 0. The first-order valence-electron chi connectivity index (χ1n) is 0.612. The molecule has 0 amide bonds. The maximum atomic E-state index is 8.33. The first-order chi connectivity index (χ1) is 1.73. The number of rotatable bonds is 0. The third kappa shape index (κ3) is 54.1. The molecule has 0 aliphatic heterocycles. The van der Waals surface area contributed by atoms with Gasteiger partial charge >= 0.3 is 104 Å². The average Bonchev–Trinajstić information content (AvgIpc) is 0.811. The molecule has 0 saturated heterocycles. The smallest absolute Gasteiger partial charge is 1.00 e. The number of carbonyl (C=O) groups excluding carboxylic acids is 1. The zero-order chi connectivity index (χ0) is 3.58. The fourth-order valence-electron chi connectivity index (χ4n) is 0. The zero-order valence-electron chi connectivity index (χ0n) is 6.43. The van der Waals surface area contributed by atoms with E-state index in [1.165, 1.54) is 0 Å². The summed E-state index contributed by atoms with van der Waals surface area (Å²) in [6.45, 7) is 0. The molecule has 0 N–H and O–H groups in total. The fourth-order valence-corrected chi connectivity index (χ4v) is 0. The molecule has 0 aliphatic rings. The van der Waals surface area contributed by atoms with E-state index in [4.69, 9.17) is 15.0 Å². The molecule has 28 valence electrons. The van der Waals surface area contributed by atoms with E-state index in [1.54, 1.807) is 0 Å². The summed E-state index contributed by atoms with van der Waals surface area (Å²) >= 11 is 0. The van der Waals surface area contributed by atoms with Crippen molar-refractivity contribution in [1.29, 1.82) is 0 Å². The van der Waals surface area contributed by atoms with E-state index in [1.807, 2.05) is 0 Å². The van der Waals surface area contributed by atoms with Crippen LogP contribution in [0.3, 0.4) is 0 Å². The summed E-state index contributed by atoms with van der Waals surface area (Å²) in [7, 11) is 0. The molecule has 0 fully saturated rings. The zero-order valence-corrected chi connectivity index (χ0v) is 11.0. The largest absolute Gasteiger partial charge is 2.00 e. The molecule has 0 radical (unpaired) electrons. The van der Waals surface area contributed by atoms with Crippen LogP contribution in [0.25, 0.3) is 0 Å². The third-order valence-corrected chi connectivity index (χ3v) is 0. The Labute approximate surface area is 125 Å². The van der Waals surface area contributed by atoms with Crippen molar-refractivity contribution in [1.82, 2.24) is 0 Å². The normalized spacial score (nSPS) is 3.43. The molecule has 6 heteroatoms. The molecule has 0 aliphatic carbocycles. The monoisotopic (exact) mass is 148 g/mol. The van der Waals surface area contributed by atoms with Crippen LogP contribution in [0.2, 0.25) is 0 Å². The van der Waals surface area contributed by atoms with Gasteiger partial charge in [0.15, 0.2) is 0 Å². The fraction of sp³-hybridized carbons (Fsp3) is 0. The van der Waals surface area contributed by atoms with E-state index >= 15 is 0 Å². The predicted molar refractivity (Wildman–Crippen MR) is 13.4 cm³/mol. The van der Waals surface area contributed by atoms with Gasteiger partial charge in [0.05, 0.1) is 0 Å². The summed E-state index contributed by atoms with van der Waals surface area (Å²) in [5.74, 6) is 0. The van der Waals surface area contributed by atoms with E-state index in [-0.39, 0.29) is 107 Å². The second-order valence-corrected chi connectivity index (χ2v) is 0.250. The molecular weight excluding hydrogens is 146 g/mol. The molecule has 0 spiro atoms. The quantitative estimate of drug-likeness (QED) is 0.321. The molecule has 0 heterocycles. The molecule has 3 nitrogen and oxygen atoms in total. The minimum absolute atomic E-state index is 0. The summed E-state index contributed by atoms with van der Waals surface area (Å²) in [5.41, 5.74) is 0. The molecule has 7 heavy (non-hydrogen) atoms. The first kappa shape index (κ1) is 22.6. The van der Waals surface area contributed by atoms with E-state index in [0.29, 0.717) is 0 Å². The van der Waals surface area contributed by atoms with Gasteiger partial charge < -0.3 is 17.9 Å². The maximum absolute atomic E-state index is 8.33. The van der Waals surface area contributed by atoms with Gasteiger partial charge in [-0.15, -0.1) is 0 Å². The van der Waals surface area contributed by atoms with Crippen molar-refractivity contribution in [3.8, 4) is 0 Å². The second kappa shape index (κ2) is 15.9. The summed E-state index contributed by atoms with van der Waals surface area (Å²) in [4.78, 5) is 8.33. The van der Waals surface area contributed by atoms with Gasteiger partial charge in [-0.1, -0.05) is 0 Å². The van der Waals surface area contributed by atoms with Gasteiger partial charge in [0.2, 0.25) is 0 Å². The Morgan fingerprint density at radius 3 is 1.43 bits per heavy atom. The predicted octanol–water partition coefficient (Wildman–Crippen LogP) is -8.59. The van der Waals surface area contributed by atoms with E-state index in [9.17, 15) is 0 Å². The van der Waals surface area contributed by atoms with Crippen molar-refractivity contribution in [3.05, 3.63) is 0 Å². The van der Waals surface area contributed by atoms with Crippen molar-refractivity contribution >= 4 is 29.2 Å². The van der Waals surface area contributed by atoms with Crippen LogP contribution >= 0.6 is 0 Å². The number of carboxylic acid groups (broad SMARTS) is 2. The Morgan fingerprint density at radius 1 is 1.43 bits per heavy atom. The van der Waals surface area contributed by atoms with Gasteiger partial charge in [-0.2, -0.15) is 0 Å². The number of carbonyl (C=O) groups is 1. The van der Waals surface area contributed by atoms with Crippen molar-refractivity contribution in [2.24, 2.45) is 0 Å². The van der Waals surface area contributed by atoms with E-state index < -0.39 is 6.16 Å². The summed E-state index contributed by atoms with van der Waals surface area (Å²) in [5, 5.41) is 16.7. The Kier molecular flexibility index (Phi) is 51.2. The molecule has 0 aromatic rings. The van der Waals surface area contributed by atoms with Gasteiger partial charge in [-0.25, -0.2) is 0 Å². The molecule has 0 aromatic carbocycles. The van der Waals surface area contributed by atoms with Gasteiger partial charge in [0, 0.05) is 0 Å². The van der Waals surface area contributed by atoms with Crippen LogP contribution in [-0.2, 0) is 0 Å². The molecule has 0 unspecified atom stereocenters. The van der Waals surface area contributed by atoms with Gasteiger partial charge in [-0.05, 0) is 6.16 Å². The van der Waals surface area contributed by atoms with Crippen molar-refractivity contribution in [2.75, 3.05) is 0 Å². The minimum Gasteiger partial charge on any atom is -1.00 e. The first-order valence-corrected chi connectivity index (χ1v) is 0.612. The summed E-state index contributed by atoms with van der Waals surface area (Å²) in [6.07, 6.45) is -2.33. The Balaban J connectivity index is -0.00000000450. The Bertz CT molecular complexity index is 44.8. The molecule has 0 bridgehead atoms. The Morgan fingerprint density at radius 2 is 1.43 bits per heavy atom. The minimum atomic E-state index is -2.33. The number of hydrogen-bond acceptors (Lipinski definition) is 3. The van der Waals surface area contributed by atoms with E-state index in [2.05, 4.69) is 0 Å². The van der Waals surface area contributed by atoms with Crippen molar-refractivity contribution in [3.63, 3.8) is 0 Å². The van der Waals surface area contributed by atoms with Crippen LogP contribution in [0.4, 0.5) is 4.79 Å². The average molecular weight is 148 g/mol. The third-order valence-electron chi connectivity index (χ3n) is 0. The molecule has 0 atom stereocenters. The molecule has 0 aromatic heterocycles. The Hall–Kier alpha value is 2.67. The maximum Gasteiger partial charge on any atom is 2.00 e. The molecular formula is CH2KMgNaO3. The summed E-state index contributed by atoms with van der Waals surface area (Å²) < 4.78 is 0. The van der Waals surface area contributed by atoms with Crippen LogP contribution < -0.4 is 91.2 Å².